The summed E-state index contributed by atoms with van der Waals surface area (Å²) in [6, 6.07) is 0. The fourth-order valence-corrected chi connectivity index (χ4v) is 0.768. The third kappa shape index (κ3) is 3.80. The lowest BCUT2D eigenvalue weighted by Gasteiger charge is -2.16. The van der Waals surface area contributed by atoms with Crippen LogP contribution in [0.25, 0.3) is 0 Å². The maximum atomic E-state index is 11.1. The summed E-state index contributed by atoms with van der Waals surface area (Å²) in [6.07, 6.45) is -1.10. The van der Waals surface area contributed by atoms with Crippen LogP contribution in [-0.2, 0) is 4.79 Å². The van der Waals surface area contributed by atoms with Crippen molar-refractivity contribution >= 4 is 12.0 Å². The van der Waals surface area contributed by atoms with Gasteiger partial charge in [0.1, 0.15) is 0 Å². The highest BCUT2D eigenvalue weighted by atomic mass is 16.4. The molecular weight excluding hydrogens is 160 g/mol. The first-order chi connectivity index (χ1) is 5.45. The Bertz CT molecular complexity index is 179. The lowest BCUT2D eigenvalue weighted by Crippen LogP contribution is -2.36. The molecule has 5 heteroatoms. The third-order valence-electron chi connectivity index (χ3n) is 1.42. The van der Waals surface area contributed by atoms with Crippen molar-refractivity contribution in [2.45, 2.75) is 6.92 Å². The van der Waals surface area contributed by atoms with E-state index in [1.807, 2.05) is 0 Å². The normalized spacial score (nSPS) is 11.9. The molecule has 0 heterocycles. The van der Waals surface area contributed by atoms with E-state index in [-0.39, 0.29) is 18.4 Å². The fourth-order valence-electron chi connectivity index (χ4n) is 0.768. The maximum absolute atomic E-state index is 11.1. The topological polar surface area (TPSA) is 69.6 Å². The molecule has 5 nitrogen and oxygen atoms in total. The zero-order valence-electron chi connectivity index (χ0n) is 7.50. The minimum absolute atomic E-state index is 0.0799. The maximum Gasteiger partial charge on any atom is 0.404 e. The van der Waals surface area contributed by atoms with Crippen LogP contribution in [0.2, 0.25) is 0 Å². The van der Waals surface area contributed by atoms with Crippen molar-refractivity contribution < 1.29 is 14.7 Å². The van der Waals surface area contributed by atoms with E-state index in [0.717, 1.165) is 0 Å². The molecule has 0 rings (SSSR count). The molecule has 0 aliphatic heterocycles. The Balaban J connectivity index is 3.79. The fraction of sp³-hybridized carbons (Fsp3) is 0.714. The van der Waals surface area contributed by atoms with E-state index >= 15 is 0 Å². The number of nitrogens with zero attached hydrogens (tertiary/aromatic N) is 1. The monoisotopic (exact) mass is 174 g/mol. The molecule has 70 valence electrons. The third-order valence-corrected chi connectivity index (χ3v) is 1.42. The molecule has 0 fully saturated rings. The summed E-state index contributed by atoms with van der Waals surface area (Å²) < 4.78 is 0. The molecule has 0 saturated carbocycles. The second-order valence-corrected chi connectivity index (χ2v) is 2.82. The highest BCUT2D eigenvalue weighted by Crippen LogP contribution is 1.96. The van der Waals surface area contributed by atoms with Gasteiger partial charge in [-0.05, 0) is 0 Å². The molecule has 0 aromatic rings. The van der Waals surface area contributed by atoms with E-state index in [9.17, 15) is 9.59 Å². The van der Waals surface area contributed by atoms with Crippen molar-refractivity contribution in [1.29, 1.82) is 0 Å². The van der Waals surface area contributed by atoms with Gasteiger partial charge in [-0.2, -0.15) is 0 Å². The average molecular weight is 174 g/mol. The van der Waals surface area contributed by atoms with E-state index in [0.29, 0.717) is 0 Å². The largest absolute Gasteiger partial charge is 0.465 e. The molecule has 2 amide bonds. The average Bonchev–Trinajstić information content (AvgIpc) is 1.98. The van der Waals surface area contributed by atoms with Gasteiger partial charge in [-0.15, -0.1) is 0 Å². The molecule has 0 aromatic carbocycles. The van der Waals surface area contributed by atoms with Crippen LogP contribution in [0.1, 0.15) is 6.92 Å². The van der Waals surface area contributed by atoms with Crippen molar-refractivity contribution in [3.8, 4) is 0 Å². The summed E-state index contributed by atoms with van der Waals surface area (Å²) in [6.45, 7) is 1.84. The smallest absolute Gasteiger partial charge is 0.404 e. The van der Waals surface area contributed by atoms with Crippen LogP contribution >= 0.6 is 0 Å². The number of hydrogen-bond donors (Lipinski definition) is 2. The Hall–Kier alpha value is -1.26. The first-order valence-corrected chi connectivity index (χ1v) is 3.63. The minimum atomic E-state index is -1.10. The molecule has 0 aromatic heterocycles. The lowest BCUT2D eigenvalue weighted by molar-refractivity contribution is -0.132. The Morgan fingerprint density at radius 3 is 2.33 bits per heavy atom. The van der Waals surface area contributed by atoms with E-state index in [1.165, 1.54) is 4.90 Å². The molecule has 1 unspecified atom stereocenters. The molecular formula is C7H14N2O3. The van der Waals surface area contributed by atoms with Crippen LogP contribution in [0.3, 0.4) is 0 Å². The minimum Gasteiger partial charge on any atom is -0.465 e. The molecule has 0 spiro atoms. The number of carbonyl (C=O) groups is 2. The second kappa shape index (κ2) is 4.58. The van der Waals surface area contributed by atoms with Crippen LogP contribution in [0.15, 0.2) is 0 Å². The van der Waals surface area contributed by atoms with Crippen molar-refractivity contribution in [2.24, 2.45) is 5.92 Å². The summed E-state index contributed by atoms with van der Waals surface area (Å²) in [5.41, 5.74) is 0. The van der Waals surface area contributed by atoms with Gasteiger partial charge in [-0.25, -0.2) is 4.79 Å². The van der Waals surface area contributed by atoms with Crippen LogP contribution < -0.4 is 5.32 Å². The predicted molar refractivity (Wildman–Crippen MR) is 43.9 cm³/mol. The molecule has 0 radical (unpaired) electrons. The standard InChI is InChI=1S/C7H14N2O3/c1-5(4-8-7(11)12)6(10)9(2)3/h5,8H,4H2,1-3H3,(H,11,12). The molecule has 0 bridgehead atoms. The van der Waals surface area contributed by atoms with Crippen LogP contribution in [0, 0.1) is 5.92 Å². The van der Waals surface area contributed by atoms with Gasteiger partial charge in [0.25, 0.3) is 0 Å². The van der Waals surface area contributed by atoms with Gasteiger partial charge in [-0.1, -0.05) is 6.92 Å². The van der Waals surface area contributed by atoms with Crippen molar-refractivity contribution in [2.75, 3.05) is 20.6 Å². The predicted octanol–water partition coefficient (Wildman–Crippen LogP) is -0.0217. The van der Waals surface area contributed by atoms with E-state index in [4.69, 9.17) is 5.11 Å². The van der Waals surface area contributed by atoms with E-state index < -0.39 is 6.09 Å². The molecule has 1 atom stereocenters. The van der Waals surface area contributed by atoms with Crippen molar-refractivity contribution in [3.05, 3.63) is 0 Å². The summed E-state index contributed by atoms with van der Waals surface area (Å²) >= 11 is 0. The van der Waals surface area contributed by atoms with Crippen LogP contribution in [0.4, 0.5) is 4.79 Å². The van der Waals surface area contributed by atoms with Gasteiger partial charge in [0, 0.05) is 20.6 Å². The Morgan fingerprint density at radius 2 is 2.00 bits per heavy atom. The Morgan fingerprint density at radius 1 is 1.50 bits per heavy atom. The number of nitrogens with one attached hydrogen (secondary N) is 1. The van der Waals surface area contributed by atoms with Gasteiger partial charge in [-0.3, -0.25) is 4.79 Å². The summed E-state index contributed by atoms with van der Waals surface area (Å²) in [4.78, 5) is 22.6. The van der Waals surface area contributed by atoms with Gasteiger partial charge < -0.3 is 15.3 Å². The Labute approximate surface area is 71.4 Å². The highest BCUT2D eigenvalue weighted by molar-refractivity contribution is 5.78. The van der Waals surface area contributed by atoms with E-state index in [1.54, 1.807) is 21.0 Å². The highest BCUT2D eigenvalue weighted by Gasteiger charge is 2.14. The first kappa shape index (κ1) is 10.7. The molecule has 12 heavy (non-hydrogen) atoms. The summed E-state index contributed by atoms with van der Waals surface area (Å²) in [5.74, 6) is -0.389. The lowest BCUT2D eigenvalue weighted by atomic mass is 10.1. The number of rotatable bonds is 3. The van der Waals surface area contributed by atoms with E-state index in [2.05, 4.69) is 5.32 Å². The van der Waals surface area contributed by atoms with Crippen molar-refractivity contribution in [1.82, 2.24) is 10.2 Å². The number of amides is 2. The zero-order valence-corrected chi connectivity index (χ0v) is 7.50. The molecule has 0 aliphatic carbocycles. The summed E-state index contributed by atoms with van der Waals surface area (Å²) in [7, 11) is 3.28. The molecule has 0 saturated heterocycles. The number of hydrogen-bond acceptors (Lipinski definition) is 2. The zero-order chi connectivity index (χ0) is 9.72. The van der Waals surface area contributed by atoms with Crippen molar-refractivity contribution in [3.63, 3.8) is 0 Å². The number of carbonyl (C=O) groups excluding carboxylic acids is 1. The second-order valence-electron chi connectivity index (χ2n) is 2.82. The number of carboxylic acid groups (broad SMARTS) is 1. The molecule has 2 N–H and O–H groups in total. The quantitative estimate of drug-likeness (QED) is 0.631. The van der Waals surface area contributed by atoms with Gasteiger partial charge in [0.15, 0.2) is 0 Å². The van der Waals surface area contributed by atoms with Crippen LogP contribution in [-0.4, -0.2) is 42.6 Å². The van der Waals surface area contributed by atoms with Crippen LogP contribution in [0.5, 0.6) is 0 Å². The first-order valence-electron chi connectivity index (χ1n) is 3.63. The molecule has 0 aliphatic rings. The van der Waals surface area contributed by atoms with Gasteiger partial charge in [0.2, 0.25) is 5.91 Å². The SMILES string of the molecule is CC(CNC(=O)O)C(=O)N(C)C. The summed E-state index contributed by atoms with van der Waals surface area (Å²) in [5, 5.41) is 10.4. The van der Waals surface area contributed by atoms with Gasteiger partial charge in [0.05, 0.1) is 5.92 Å². The van der Waals surface area contributed by atoms with Gasteiger partial charge >= 0.3 is 6.09 Å². The Kier molecular flexibility index (Phi) is 4.10.